The van der Waals surface area contributed by atoms with Crippen LogP contribution in [0.5, 0.6) is 0 Å². The van der Waals surface area contributed by atoms with E-state index in [4.69, 9.17) is 28.2 Å². The molecule has 0 aromatic carbocycles. The second-order valence-corrected chi connectivity index (χ2v) is 7.44. The fourth-order valence-corrected chi connectivity index (χ4v) is 3.48. The van der Waals surface area contributed by atoms with Gasteiger partial charge in [-0.25, -0.2) is 4.99 Å². The molecule has 2 aliphatic rings. The van der Waals surface area contributed by atoms with Crippen molar-refractivity contribution in [3.05, 3.63) is 40.7 Å². The third kappa shape index (κ3) is 2.99. The van der Waals surface area contributed by atoms with Crippen LogP contribution < -0.4 is 4.80 Å². The molecular weight excluding hydrogens is 299 g/mol. The molecule has 2 aliphatic carbocycles. The van der Waals surface area contributed by atoms with E-state index in [9.17, 15) is 0 Å². The molecule has 1 heterocycles. The van der Waals surface area contributed by atoms with E-state index in [0.717, 1.165) is 17.3 Å². The lowest BCUT2D eigenvalue weighted by molar-refractivity contribution is 0.274. The second-order valence-electron chi connectivity index (χ2n) is 5.13. The second kappa shape index (κ2) is 5.47. The van der Waals surface area contributed by atoms with Crippen LogP contribution in [0.3, 0.4) is 0 Å². The minimum Gasteiger partial charge on any atom is -0.324 e. The van der Waals surface area contributed by atoms with Gasteiger partial charge in [-0.2, -0.15) is 0 Å². The number of thiazole rings is 1. The van der Waals surface area contributed by atoms with Crippen LogP contribution >= 0.6 is 34.5 Å². The van der Waals surface area contributed by atoms with Gasteiger partial charge in [0.15, 0.2) is 9.13 Å². The van der Waals surface area contributed by atoms with Crippen LogP contribution in [-0.4, -0.2) is 14.9 Å². The zero-order valence-electron chi connectivity index (χ0n) is 10.5. The molecule has 0 spiro atoms. The lowest BCUT2D eigenvalue weighted by Crippen LogP contribution is -2.31. The summed E-state index contributed by atoms with van der Waals surface area (Å²) in [5.41, 5.74) is 0. The number of hydrogen-bond donors (Lipinski definition) is 0. The monoisotopic (exact) mass is 314 g/mol. The maximum atomic E-state index is 6.28. The third-order valence-corrected chi connectivity index (χ3v) is 5.21. The highest BCUT2D eigenvalue weighted by Gasteiger charge is 2.31. The Labute approximate surface area is 127 Å². The topological polar surface area (TPSA) is 17.3 Å². The Morgan fingerprint density at radius 1 is 1.37 bits per heavy atom. The van der Waals surface area contributed by atoms with Gasteiger partial charge in [-0.3, -0.25) is 0 Å². The molecule has 1 atom stereocenters. The van der Waals surface area contributed by atoms with Crippen LogP contribution in [0, 0.1) is 5.92 Å². The Hall–Kier alpha value is -0.510. The molecule has 19 heavy (non-hydrogen) atoms. The number of rotatable bonds is 3. The molecule has 2 nitrogen and oxygen atoms in total. The lowest BCUT2D eigenvalue weighted by Gasteiger charge is -2.26. The van der Waals surface area contributed by atoms with Gasteiger partial charge < -0.3 is 4.57 Å². The Kier molecular flexibility index (Phi) is 3.88. The molecule has 1 fully saturated rings. The summed E-state index contributed by atoms with van der Waals surface area (Å²) in [6, 6.07) is -0.216. The number of nitrogens with zero attached hydrogens (tertiary/aromatic N) is 2. The van der Waals surface area contributed by atoms with E-state index in [0.29, 0.717) is 0 Å². The summed E-state index contributed by atoms with van der Waals surface area (Å²) in [7, 11) is 0. The van der Waals surface area contributed by atoms with Crippen molar-refractivity contribution < 1.29 is 0 Å². The molecule has 1 aromatic rings. The van der Waals surface area contributed by atoms with Gasteiger partial charge in [-0.05, 0) is 24.8 Å². The fourth-order valence-electron chi connectivity index (χ4n) is 2.32. The smallest absolute Gasteiger partial charge is 0.185 e. The molecule has 1 saturated carbocycles. The molecule has 1 aromatic heterocycles. The summed E-state index contributed by atoms with van der Waals surface area (Å²) in [5.74, 6) is 0.812. The maximum Gasteiger partial charge on any atom is 0.185 e. The molecular formula is C14H16Cl2N2S. The van der Waals surface area contributed by atoms with E-state index in [-0.39, 0.29) is 6.04 Å². The van der Waals surface area contributed by atoms with Crippen LogP contribution in [0.25, 0.3) is 0 Å². The minimum absolute atomic E-state index is 0.216. The molecule has 5 heteroatoms. The van der Waals surface area contributed by atoms with Crippen molar-refractivity contribution in [1.29, 1.82) is 0 Å². The van der Waals surface area contributed by atoms with Gasteiger partial charge in [0, 0.05) is 18.1 Å². The number of alkyl halides is 2. The van der Waals surface area contributed by atoms with Crippen LogP contribution in [0.15, 0.2) is 40.9 Å². The SMILES string of the molecule is ClC1(Cl)C=CC=CC1N=c1sccn1CC1CCC1. The zero-order chi connectivity index (χ0) is 13.3. The standard InChI is InChI=1S/C14H16Cl2N2S/c15-14(16)7-2-1-6-12(14)17-13-18(8-9-19-13)10-11-4-3-5-11/h1-2,6-9,11-12H,3-5,10H2. The summed E-state index contributed by atoms with van der Waals surface area (Å²) >= 11 is 14.2. The van der Waals surface area contributed by atoms with E-state index in [1.807, 2.05) is 18.2 Å². The summed E-state index contributed by atoms with van der Waals surface area (Å²) in [5, 5.41) is 2.07. The van der Waals surface area contributed by atoms with Crippen LogP contribution in [0.1, 0.15) is 19.3 Å². The van der Waals surface area contributed by atoms with Crippen molar-refractivity contribution in [2.24, 2.45) is 10.9 Å². The summed E-state index contributed by atoms with van der Waals surface area (Å²) in [4.78, 5) is 5.72. The largest absolute Gasteiger partial charge is 0.324 e. The molecule has 102 valence electrons. The van der Waals surface area contributed by atoms with Gasteiger partial charge in [-0.15, -0.1) is 11.3 Å². The van der Waals surface area contributed by atoms with Crippen molar-refractivity contribution in [2.45, 2.75) is 36.2 Å². The van der Waals surface area contributed by atoms with Gasteiger partial charge in [0.2, 0.25) is 0 Å². The van der Waals surface area contributed by atoms with E-state index in [2.05, 4.69) is 16.1 Å². The molecule has 0 bridgehead atoms. The first-order chi connectivity index (χ1) is 9.15. The summed E-state index contributed by atoms with van der Waals surface area (Å²) in [6.07, 6.45) is 13.7. The van der Waals surface area contributed by atoms with Gasteiger partial charge in [0.25, 0.3) is 0 Å². The number of halogens is 2. The number of hydrogen-bond acceptors (Lipinski definition) is 2. The molecule has 0 aliphatic heterocycles. The average Bonchev–Trinajstić information content (AvgIpc) is 2.74. The Bertz CT molecular complexity index is 564. The van der Waals surface area contributed by atoms with Crippen molar-refractivity contribution in [2.75, 3.05) is 0 Å². The first-order valence-corrected chi connectivity index (χ1v) is 8.20. The number of allylic oxidation sites excluding steroid dienone is 2. The fraction of sp³-hybridized carbons (Fsp3) is 0.500. The summed E-state index contributed by atoms with van der Waals surface area (Å²) in [6.45, 7) is 1.06. The lowest BCUT2D eigenvalue weighted by atomic mass is 9.85. The van der Waals surface area contributed by atoms with E-state index < -0.39 is 4.33 Å². The Morgan fingerprint density at radius 3 is 2.89 bits per heavy atom. The Morgan fingerprint density at radius 2 is 2.21 bits per heavy atom. The predicted octanol–water partition coefficient (Wildman–Crippen LogP) is 3.92. The van der Waals surface area contributed by atoms with E-state index in [1.165, 1.54) is 19.3 Å². The van der Waals surface area contributed by atoms with Gasteiger partial charge in [0.1, 0.15) is 6.04 Å². The van der Waals surface area contributed by atoms with Crippen molar-refractivity contribution >= 4 is 34.5 Å². The molecule has 0 N–H and O–H groups in total. The van der Waals surface area contributed by atoms with Gasteiger partial charge in [0.05, 0.1) is 0 Å². The van der Waals surface area contributed by atoms with Crippen LogP contribution in [0.2, 0.25) is 0 Å². The highest BCUT2D eigenvalue weighted by molar-refractivity contribution is 7.07. The highest BCUT2D eigenvalue weighted by Crippen LogP contribution is 2.32. The maximum absolute atomic E-state index is 6.28. The molecule has 1 unspecified atom stereocenters. The van der Waals surface area contributed by atoms with Crippen LogP contribution in [0.4, 0.5) is 0 Å². The minimum atomic E-state index is -0.937. The first-order valence-electron chi connectivity index (χ1n) is 6.57. The Balaban J connectivity index is 1.85. The average molecular weight is 315 g/mol. The van der Waals surface area contributed by atoms with E-state index in [1.54, 1.807) is 17.4 Å². The van der Waals surface area contributed by atoms with E-state index >= 15 is 0 Å². The zero-order valence-corrected chi connectivity index (χ0v) is 12.8. The van der Waals surface area contributed by atoms with Gasteiger partial charge >= 0.3 is 0 Å². The first kappa shape index (κ1) is 13.5. The normalized spacial score (nSPS) is 26.6. The van der Waals surface area contributed by atoms with Crippen molar-refractivity contribution in [1.82, 2.24) is 4.57 Å². The van der Waals surface area contributed by atoms with Gasteiger partial charge in [-0.1, -0.05) is 47.9 Å². The molecule has 3 rings (SSSR count). The third-order valence-electron chi connectivity index (χ3n) is 3.71. The molecule has 0 amide bonds. The van der Waals surface area contributed by atoms with Crippen molar-refractivity contribution in [3.63, 3.8) is 0 Å². The van der Waals surface area contributed by atoms with Crippen molar-refractivity contribution in [3.8, 4) is 0 Å². The number of aromatic nitrogens is 1. The molecule has 0 radical (unpaired) electrons. The predicted molar refractivity (Wildman–Crippen MR) is 81.7 cm³/mol. The quantitative estimate of drug-likeness (QED) is 0.752. The molecule has 0 saturated heterocycles. The van der Waals surface area contributed by atoms with Crippen LogP contribution in [-0.2, 0) is 6.54 Å². The highest BCUT2D eigenvalue weighted by atomic mass is 35.5. The summed E-state index contributed by atoms with van der Waals surface area (Å²) < 4.78 is 1.29.